The number of aromatic nitrogens is 2. The zero-order chi connectivity index (χ0) is 16.1. The second-order valence-corrected chi connectivity index (χ2v) is 6.72. The van der Waals surface area contributed by atoms with Crippen LogP contribution in [0.5, 0.6) is 0 Å². The Bertz CT molecular complexity index is 711. The molecule has 0 bridgehead atoms. The van der Waals surface area contributed by atoms with Crippen LogP contribution in [0.15, 0.2) is 23.0 Å². The van der Waals surface area contributed by atoms with Gasteiger partial charge in [-0.15, -0.1) is 11.3 Å². The number of H-pyrrole nitrogens is 1. The summed E-state index contributed by atoms with van der Waals surface area (Å²) < 4.78 is 0.613. The lowest BCUT2D eigenvalue weighted by Gasteiger charge is -2.09. The van der Waals surface area contributed by atoms with Gasteiger partial charge in [-0.05, 0) is 45.3 Å². The predicted molar refractivity (Wildman–Crippen MR) is 88.7 cm³/mol. The van der Waals surface area contributed by atoms with E-state index in [0.29, 0.717) is 16.6 Å². The zero-order valence-electron chi connectivity index (χ0n) is 12.4. The fourth-order valence-corrected chi connectivity index (χ4v) is 2.87. The van der Waals surface area contributed by atoms with Crippen LogP contribution in [0, 0.1) is 0 Å². The molecule has 0 aliphatic heterocycles. The largest absolute Gasteiger partial charge is 0.351 e. The molecule has 2 aromatic heterocycles. The molecule has 2 N–H and O–H groups in total. The molecule has 0 aromatic carbocycles. The summed E-state index contributed by atoms with van der Waals surface area (Å²) >= 11 is 7.21. The van der Waals surface area contributed by atoms with Gasteiger partial charge in [-0.3, -0.25) is 4.79 Å². The molecule has 0 fully saturated rings. The Morgan fingerprint density at radius 1 is 1.45 bits per heavy atom. The third-order valence-corrected chi connectivity index (χ3v) is 4.15. The van der Waals surface area contributed by atoms with Crippen molar-refractivity contribution < 1.29 is 4.79 Å². The smallest absolute Gasteiger partial charge is 0.346 e. The average Bonchev–Trinajstić information content (AvgIpc) is 2.89. The van der Waals surface area contributed by atoms with Crippen molar-refractivity contribution in [3.63, 3.8) is 0 Å². The molecule has 22 heavy (non-hydrogen) atoms. The van der Waals surface area contributed by atoms with Gasteiger partial charge in [-0.2, -0.15) is 4.98 Å². The number of carbonyl (C=O) groups is 1. The van der Waals surface area contributed by atoms with E-state index in [0.717, 1.165) is 17.8 Å². The summed E-state index contributed by atoms with van der Waals surface area (Å²) in [6, 6.07) is 5.09. The summed E-state index contributed by atoms with van der Waals surface area (Å²) in [6.45, 7) is 1.41. The average molecular weight is 341 g/mol. The fourth-order valence-electron chi connectivity index (χ4n) is 1.85. The lowest BCUT2D eigenvalue weighted by Crippen LogP contribution is -2.29. The number of thiophene rings is 1. The maximum atomic E-state index is 12.1. The van der Waals surface area contributed by atoms with Crippen molar-refractivity contribution in [1.29, 1.82) is 0 Å². The van der Waals surface area contributed by atoms with Gasteiger partial charge in [-0.25, -0.2) is 4.79 Å². The van der Waals surface area contributed by atoms with E-state index in [1.807, 2.05) is 19.0 Å². The highest BCUT2D eigenvalue weighted by Gasteiger charge is 2.11. The standard InChI is InChI=1S/C14H17ClN4O2S/c1-19(2)7-3-6-16-13(20)10-8-9(17-14(21)18-10)11-4-5-12(15)22-11/h4-5,8H,3,6-7H2,1-2H3,(H,16,20)(H,17,18,21). The van der Waals surface area contributed by atoms with E-state index in [-0.39, 0.29) is 11.6 Å². The number of halogens is 1. The second kappa shape index (κ2) is 7.53. The van der Waals surface area contributed by atoms with Gasteiger partial charge in [0.1, 0.15) is 5.69 Å². The van der Waals surface area contributed by atoms with E-state index in [1.165, 1.54) is 11.3 Å². The summed E-state index contributed by atoms with van der Waals surface area (Å²) in [5.74, 6) is -0.353. The molecule has 0 unspecified atom stereocenters. The number of rotatable bonds is 6. The minimum atomic E-state index is -0.555. The Hall–Kier alpha value is -1.70. The molecule has 0 radical (unpaired) electrons. The highest BCUT2D eigenvalue weighted by Crippen LogP contribution is 2.29. The molecule has 0 spiro atoms. The van der Waals surface area contributed by atoms with Crippen molar-refractivity contribution in [3.8, 4) is 10.6 Å². The third-order valence-electron chi connectivity index (χ3n) is 2.88. The molecule has 0 atom stereocenters. The van der Waals surface area contributed by atoms with E-state index in [4.69, 9.17) is 11.6 Å². The Balaban J connectivity index is 2.09. The van der Waals surface area contributed by atoms with Gasteiger partial charge in [0.05, 0.1) is 14.9 Å². The first-order chi connectivity index (χ1) is 10.5. The van der Waals surface area contributed by atoms with E-state index in [1.54, 1.807) is 18.2 Å². The molecule has 0 saturated carbocycles. The van der Waals surface area contributed by atoms with Gasteiger partial charge < -0.3 is 15.2 Å². The van der Waals surface area contributed by atoms with Gasteiger partial charge in [0.2, 0.25) is 0 Å². The topological polar surface area (TPSA) is 78.1 Å². The monoisotopic (exact) mass is 340 g/mol. The summed E-state index contributed by atoms with van der Waals surface area (Å²) in [5.41, 5.74) is 0.0870. The maximum absolute atomic E-state index is 12.1. The van der Waals surface area contributed by atoms with Gasteiger partial charge in [0.25, 0.3) is 5.91 Å². The van der Waals surface area contributed by atoms with Crippen molar-refractivity contribution in [1.82, 2.24) is 20.2 Å². The maximum Gasteiger partial charge on any atom is 0.346 e. The third kappa shape index (κ3) is 4.66. The van der Waals surface area contributed by atoms with Gasteiger partial charge >= 0.3 is 5.69 Å². The predicted octanol–water partition coefficient (Wildman–Crippen LogP) is 1.83. The van der Waals surface area contributed by atoms with Gasteiger partial charge in [-0.1, -0.05) is 11.6 Å². The lowest BCUT2D eigenvalue weighted by atomic mass is 10.2. The van der Waals surface area contributed by atoms with Crippen molar-refractivity contribution in [2.75, 3.05) is 27.2 Å². The van der Waals surface area contributed by atoms with Crippen molar-refractivity contribution in [3.05, 3.63) is 38.7 Å². The van der Waals surface area contributed by atoms with Crippen LogP contribution >= 0.6 is 22.9 Å². The second-order valence-electron chi connectivity index (χ2n) is 5.00. The van der Waals surface area contributed by atoms with Crippen molar-refractivity contribution >= 4 is 28.8 Å². The normalized spacial score (nSPS) is 10.9. The van der Waals surface area contributed by atoms with E-state index in [9.17, 15) is 9.59 Å². The van der Waals surface area contributed by atoms with Gasteiger partial charge in [0, 0.05) is 6.54 Å². The van der Waals surface area contributed by atoms with Crippen LogP contribution in [0.1, 0.15) is 16.9 Å². The Kier molecular flexibility index (Phi) is 5.70. The first-order valence-corrected chi connectivity index (χ1v) is 7.95. The van der Waals surface area contributed by atoms with Crippen LogP contribution in [0.3, 0.4) is 0 Å². The number of aromatic amines is 1. The molecular weight excluding hydrogens is 324 g/mol. The number of amides is 1. The van der Waals surface area contributed by atoms with Crippen LogP contribution in [-0.2, 0) is 0 Å². The minimum absolute atomic E-state index is 0.105. The SMILES string of the molecule is CN(C)CCCNC(=O)c1cc(-c2ccc(Cl)s2)[nH]c(=O)n1. The van der Waals surface area contributed by atoms with Crippen LogP contribution in [-0.4, -0.2) is 48.0 Å². The lowest BCUT2D eigenvalue weighted by molar-refractivity contribution is 0.0947. The molecular formula is C14H17ClN4O2S. The molecule has 0 aliphatic rings. The number of nitrogens with zero attached hydrogens (tertiary/aromatic N) is 2. The molecule has 2 rings (SSSR count). The molecule has 1 amide bonds. The molecule has 118 valence electrons. The van der Waals surface area contributed by atoms with Gasteiger partial charge in [0.15, 0.2) is 0 Å². The fraction of sp³-hybridized carbons (Fsp3) is 0.357. The molecule has 0 aliphatic carbocycles. The molecule has 2 heterocycles. The summed E-state index contributed by atoms with van der Waals surface area (Å²) in [7, 11) is 3.94. The van der Waals surface area contributed by atoms with E-state index >= 15 is 0 Å². The van der Waals surface area contributed by atoms with Crippen molar-refractivity contribution in [2.24, 2.45) is 0 Å². The minimum Gasteiger partial charge on any atom is -0.351 e. The van der Waals surface area contributed by atoms with E-state index in [2.05, 4.69) is 15.3 Å². The summed E-state index contributed by atoms with van der Waals surface area (Å²) in [6.07, 6.45) is 0.829. The summed E-state index contributed by atoms with van der Waals surface area (Å²) in [4.78, 5) is 32.9. The van der Waals surface area contributed by atoms with Crippen LogP contribution in [0.4, 0.5) is 0 Å². The Morgan fingerprint density at radius 2 is 2.23 bits per heavy atom. The highest BCUT2D eigenvalue weighted by molar-refractivity contribution is 7.19. The van der Waals surface area contributed by atoms with E-state index < -0.39 is 5.69 Å². The Morgan fingerprint density at radius 3 is 2.86 bits per heavy atom. The Labute approximate surface area is 137 Å². The summed E-state index contributed by atoms with van der Waals surface area (Å²) in [5, 5.41) is 2.76. The molecule has 0 saturated heterocycles. The van der Waals surface area contributed by atoms with Crippen LogP contribution < -0.4 is 11.0 Å². The molecule has 6 nitrogen and oxygen atoms in total. The van der Waals surface area contributed by atoms with Crippen molar-refractivity contribution in [2.45, 2.75) is 6.42 Å². The number of hydrogen-bond donors (Lipinski definition) is 2. The highest BCUT2D eigenvalue weighted by atomic mass is 35.5. The molecule has 2 aromatic rings. The first-order valence-electron chi connectivity index (χ1n) is 6.75. The zero-order valence-corrected chi connectivity index (χ0v) is 13.9. The first kappa shape index (κ1) is 16.7. The quantitative estimate of drug-likeness (QED) is 0.786. The van der Waals surface area contributed by atoms with Crippen LogP contribution in [0.25, 0.3) is 10.6 Å². The molecule has 8 heteroatoms. The number of carbonyl (C=O) groups excluding carboxylic acids is 1. The number of hydrogen-bond acceptors (Lipinski definition) is 5. The van der Waals surface area contributed by atoms with Crippen LogP contribution in [0.2, 0.25) is 4.34 Å². The number of nitrogens with one attached hydrogen (secondary N) is 2.